The highest BCUT2D eigenvalue weighted by atomic mass is 19.1. The van der Waals surface area contributed by atoms with Crippen molar-refractivity contribution in [1.82, 2.24) is 15.3 Å². The maximum atomic E-state index is 13.4. The minimum Gasteiger partial charge on any atom is -0.444 e. The average molecular weight is 334 g/mol. The third kappa shape index (κ3) is 5.57. The van der Waals surface area contributed by atoms with Gasteiger partial charge in [0.2, 0.25) is 0 Å². The van der Waals surface area contributed by atoms with E-state index in [2.05, 4.69) is 20.6 Å². The average Bonchev–Trinajstić information content (AvgIpc) is 3.00. The lowest BCUT2D eigenvalue weighted by molar-refractivity contribution is 0.0528. The Kier molecular flexibility index (Phi) is 5.78. The van der Waals surface area contributed by atoms with Gasteiger partial charge in [-0.3, -0.25) is 0 Å². The Bertz CT molecular complexity index is 666. The minimum atomic E-state index is -0.509. The van der Waals surface area contributed by atoms with Crippen LogP contribution in [0.4, 0.5) is 15.0 Å². The first-order valence-electron chi connectivity index (χ1n) is 7.85. The zero-order valence-corrected chi connectivity index (χ0v) is 14.1. The molecule has 7 heteroatoms. The monoisotopic (exact) mass is 334 g/mol. The molecule has 0 aliphatic heterocycles. The Hall–Kier alpha value is -2.57. The van der Waals surface area contributed by atoms with Crippen LogP contribution in [0.5, 0.6) is 0 Å². The number of pyridine rings is 1. The lowest BCUT2D eigenvalue weighted by atomic mass is 10.2. The number of rotatable bonds is 6. The highest BCUT2D eigenvalue weighted by molar-refractivity contribution is 5.72. The molecule has 0 fully saturated rings. The number of aromatic nitrogens is 2. The van der Waals surface area contributed by atoms with Gasteiger partial charge in [0.1, 0.15) is 17.2 Å². The predicted octanol–water partition coefficient (Wildman–Crippen LogP) is 3.54. The number of hydrogen-bond acceptors (Lipinski definition) is 4. The molecule has 1 amide bonds. The van der Waals surface area contributed by atoms with Crippen LogP contribution in [0.3, 0.4) is 0 Å². The molecule has 0 saturated carbocycles. The van der Waals surface area contributed by atoms with Crippen LogP contribution in [0, 0.1) is 5.82 Å². The molecule has 2 heterocycles. The number of nitrogens with one attached hydrogen (secondary N) is 3. The molecule has 0 spiro atoms. The summed E-state index contributed by atoms with van der Waals surface area (Å²) in [5.41, 5.74) is 0.946. The van der Waals surface area contributed by atoms with Crippen LogP contribution in [-0.4, -0.2) is 34.8 Å². The number of H-pyrrole nitrogens is 1. The van der Waals surface area contributed by atoms with Gasteiger partial charge in [0.05, 0.1) is 6.20 Å². The molecular formula is C17H23FN4O2. The molecule has 3 N–H and O–H groups in total. The lowest BCUT2D eigenvalue weighted by Gasteiger charge is -2.19. The second-order valence-corrected chi connectivity index (χ2v) is 6.34. The summed E-state index contributed by atoms with van der Waals surface area (Å²) in [7, 11) is 0. The van der Waals surface area contributed by atoms with Crippen molar-refractivity contribution in [2.75, 3.05) is 18.4 Å². The van der Waals surface area contributed by atoms with Gasteiger partial charge in [0.25, 0.3) is 0 Å². The molecule has 130 valence electrons. The molecule has 0 bridgehead atoms. The molecule has 0 saturated heterocycles. The second kappa shape index (κ2) is 7.81. The molecule has 2 rings (SSSR count). The van der Waals surface area contributed by atoms with Gasteiger partial charge in [0.15, 0.2) is 0 Å². The molecular weight excluding hydrogens is 311 g/mol. The van der Waals surface area contributed by atoms with E-state index < -0.39 is 17.5 Å². The molecule has 0 atom stereocenters. The van der Waals surface area contributed by atoms with E-state index in [-0.39, 0.29) is 0 Å². The quantitative estimate of drug-likeness (QED) is 0.706. The predicted molar refractivity (Wildman–Crippen MR) is 91.3 cm³/mol. The maximum absolute atomic E-state index is 13.4. The number of anilines is 1. The summed E-state index contributed by atoms with van der Waals surface area (Å²) in [6, 6.07) is 5.13. The van der Waals surface area contributed by atoms with Crippen LogP contribution >= 0.6 is 0 Å². The SMILES string of the molecule is CC(C)(C)OC(=O)NCCCNc1ncc(F)cc1-c1ccc[nH]1. The van der Waals surface area contributed by atoms with E-state index in [1.54, 1.807) is 6.20 Å². The van der Waals surface area contributed by atoms with Crippen molar-refractivity contribution in [3.8, 4) is 11.3 Å². The highest BCUT2D eigenvalue weighted by Gasteiger charge is 2.15. The van der Waals surface area contributed by atoms with E-state index in [4.69, 9.17) is 4.74 Å². The van der Waals surface area contributed by atoms with Crippen molar-refractivity contribution in [2.45, 2.75) is 32.8 Å². The Labute approximate surface area is 140 Å². The molecule has 0 aliphatic carbocycles. The first-order valence-corrected chi connectivity index (χ1v) is 7.85. The molecule has 0 unspecified atom stereocenters. The molecule has 0 radical (unpaired) electrons. The standard InChI is InChI=1S/C17H23FN4O2/c1-17(2,3)24-16(23)21-9-5-8-20-15-13(10-12(18)11-22-15)14-6-4-7-19-14/h4,6-7,10-11,19H,5,8-9H2,1-3H3,(H,20,22)(H,21,23). The summed E-state index contributed by atoms with van der Waals surface area (Å²) in [5, 5.41) is 5.85. The molecule has 2 aromatic heterocycles. The first kappa shape index (κ1) is 17.8. The van der Waals surface area contributed by atoms with Crippen molar-refractivity contribution in [1.29, 1.82) is 0 Å². The van der Waals surface area contributed by atoms with Gasteiger partial charge in [-0.15, -0.1) is 0 Å². The number of alkyl carbamates (subject to hydrolysis) is 1. The fourth-order valence-corrected chi connectivity index (χ4v) is 2.08. The van der Waals surface area contributed by atoms with Crippen LogP contribution in [-0.2, 0) is 4.74 Å². The fraction of sp³-hybridized carbons (Fsp3) is 0.412. The van der Waals surface area contributed by atoms with Crippen LogP contribution in [0.1, 0.15) is 27.2 Å². The Morgan fingerprint density at radius 1 is 1.38 bits per heavy atom. The van der Waals surface area contributed by atoms with Crippen LogP contribution < -0.4 is 10.6 Å². The zero-order valence-electron chi connectivity index (χ0n) is 14.1. The molecule has 0 aromatic carbocycles. The normalized spacial score (nSPS) is 11.2. The van der Waals surface area contributed by atoms with Gasteiger partial charge in [0, 0.05) is 30.5 Å². The zero-order chi connectivity index (χ0) is 17.6. The third-order valence-corrected chi connectivity index (χ3v) is 3.06. The van der Waals surface area contributed by atoms with Crippen LogP contribution in [0.15, 0.2) is 30.6 Å². The highest BCUT2D eigenvalue weighted by Crippen LogP contribution is 2.25. The van der Waals surface area contributed by atoms with Crippen LogP contribution in [0.25, 0.3) is 11.3 Å². The Morgan fingerprint density at radius 3 is 2.83 bits per heavy atom. The topological polar surface area (TPSA) is 79.0 Å². The number of hydrogen-bond donors (Lipinski definition) is 3. The van der Waals surface area contributed by atoms with Crippen molar-refractivity contribution < 1.29 is 13.9 Å². The number of carbonyl (C=O) groups excluding carboxylic acids is 1. The van der Waals surface area contributed by atoms with Gasteiger partial charge >= 0.3 is 6.09 Å². The summed E-state index contributed by atoms with van der Waals surface area (Å²) in [4.78, 5) is 18.7. The van der Waals surface area contributed by atoms with Gasteiger partial charge in [-0.25, -0.2) is 14.2 Å². The van der Waals surface area contributed by atoms with Crippen molar-refractivity contribution in [2.24, 2.45) is 0 Å². The van der Waals surface area contributed by atoms with E-state index in [9.17, 15) is 9.18 Å². The number of nitrogens with zero attached hydrogens (tertiary/aromatic N) is 1. The Morgan fingerprint density at radius 2 is 2.17 bits per heavy atom. The van der Waals surface area contributed by atoms with Crippen molar-refractivity contribution in [3.63, 3.8) is 0 Å². The number of ether oxygens (including phenoxy) is 1. The number of aromatic amines is 1. The first-order chi connectivity index (χ1) is 11.3. The molecule has 24 heavy (non-hydrogen) atoms. The summed E-state index contributed by atoms with van der Waals surface area (Å²) in [6.07, 6.45) is 3.19. The summed E-state index contributed by atoms with van der Waals surface area (Å²) >= 11 is 0. The number of halogens is 1. The van der Waals surface area contributed by atoms with E-state index in [1.165, 1.54) is 12.3 Å². The Balaban J connectivity index is 1.82. The van der Waals surface area contributed by atoms with E-state index in [1.807, 2.05) is 32.9 Å². The maximum Gasteiger partial charge on any atom is 0.407 e. The molecule has 0 aliphatic rings. The largest absolute Gasteiger partial charge is 0.444 e. The van der Waals surface area contributed by atoms with Gasteiger partial charge in [-0.1, -0.05) is 0 Å². The van der Waals surface area contributed by atoms with Crippen LogP contribution in [0.2, 0.25) is 0 Å². The van der Waals surface area contributed by atoms with Gasteiger partial charge in [-0.2, -0.15) is 0 Å². The van der Waals surface area contributed by atoms with E-state index in [0.29, 0.717) is 30.9 Å². The third-order valence-electron chi connectivity index (χ3n) is 3.06. The minimum absolute atomic E-state index is 0.392. The number of amides is 1. The summed E-state index contributed by atoms with van der Waals surface area (Å²) < 4.78 is 18.6. The van der Waals surface area contributed by atoms with E-state index >= 15 is 0 Å². The van der Waals surface area contributed by atoms with Gasteiger partial charge < -0.3 is 20.4 Å². The lowest BCUT2D eigenvalue weighted by Crippen LogP contribution is -2.33. The fourth-order valence-electron chi connectivity index (χ4n) is 2.08. The summed E-state index contributed by atoms with van der Waals surface area (Å²) in [5.74, 6) is 0.202. The molecule has 2 aromatic rings. The van der Waals surface area contributed by atoms with Gasteiger partial charge in [-0.05, 0) is 45.4 Å². The second-order valence-electron chi connectivity index (χ2n) is 6.34. The van der Waals surface area contributed by atoms with Crippen molar-refractivity contribution in [3.05, 3.63) is 36.4 Å². The molecule has 6 nitrogen and oxygen atoms in total. The summed E-state index contributed by atoms with van der Waals surface area (Å²) in [6.45, 7) is 6.51. The number of carbonyl (C=O) groups is 1. The smallest absolute Gasteiger partial charge is 0.407 e. The van der Waals surface area contributed by atoms with Crippen molar-refractivity contribution >= 4 is 11.9 Å². The van der Waals surface area contributed by atoms with E-state index in [0.717, 1.165) is 5.69 Å².